The van der Waals surface area contributed by atoms with Gasteiger partial charge in [-0.15, -0.1) is 0 Å². The van der Waals surface area contributed by atoms with Gasteiger partial charge >= 0.3 is 0 Å². The monoisotopic (exact) mass is 203 g/mol. The minimum absolute atomic E-state index is 0.175. The van der Waals surface area contributed by atoms with E-state index in [1.165, 1.54) is 5.56 Å². The Kier molecular flexibility index (Phi) is 2.51. The highest BCUT2D eigenvalue weighted by Gasteiger charge is 2.39. The molecule has 1 fully saturated rings. The molecule has 0 aliphatic heterocycles. The summed E-state index contributed by atoms with van der Waals surface area (Å²) in [6, 6.07) is 6.10. The Labute approximate surface area is 90.7 Å². The van der Waals surface area contributed by atoms with Crippen LogP contribution in [0.4, 0.5) is 5.69 Å². The fourth-order valence-corrected chi connectivity index (χ4v) is 1.87. The molecule has 0 heterocycles. The lowest BCUT2D eigenvalue weighted by Crippen LogP contribution is -2.15. The predicted molar refractivity (Wildman–Crippen MR) is 61.8 cm³/mol. The van der Waals surface area contributed by atoms with E-state index in [9.17, 15) is 4.79 Å². The molecule has 2 atom stereocenters. The molecule has 2 heteroatoms. The van der Waals surface area contributed by atoms with Gasteiger partial charge in [0, 0.05) is 11.6 Å². The van der Waals surface area contributed by atoms with Crippen molar-refractivity contribution in [1.82, 2.24) is 0 Å². The second-order valence-corrected chi connectivity index (χ2v) is 4.63. The van der Waals surface area contributed by atoms with Gasteiger partial charge in [-0.1, -0.05) is 24.6 Å². The van der Waals surface area contributed by atoms with Crippen molar-refractivity contribution in [2.45, 2.75) is 27.2 Å². The summed E-state index contributed by atoms with van der Waals surface area (Å²) in [5, 5.41) is 2.99. The maximum atomic E-state index is 11.7. The molecule has 0 aromatic heterocycles. The third kappa shape index (κ3) is 2.20. The average Bonchev–Trinajstić information content (AvgIpc) is 2.88. The molecule has 1 amide bonds. The fourth-order valence-electron chi connectivity index (χ4n) is 1.87. The highest BCUT2D eigenvalue weighted by molar-refractivity contribution is 5.95. The van der Waals surface area contributed by atoms with E-state index in [1.807, 2.05) is 19.1 Å². The maximum Gasteiger partial charge on any atom is 0.227 e. The zero-order valence-corrected chi connectivity index (χ0v) is 9.50. The van der Waals surface area contributed by atoms with Crippen LogP contribution in [-0.2, 0) is 4.79 Å². The molecule has 1 aromatic rings. The van der Waals surface area contributed by atoms with Crippen LogP contribution in [0.3, 0.4) is 0 Å². The number of carbonyl (C=O) groups is 1. The van der Waals surface area contributed by atoms with Crippen LogP contribution in [0.5, 0.6) is 0 Å². The van der Waals surface area contributed by atoms with E-state index < -0.39 is 0 Å². The summed E-state index contributed by atoms with van der Waals surface area (Å²) >= 11 is 0. The van der Waals surface area contributed by atoms with Gasteiger partial charge in [0.1, 0.15) is 0 Å². The quantitative estimate of drug-likeness (QED) is 0.786. The molecule has 80 valence electrons. The maximum absolute atomic E-state index is 11.7. The Bertz CT molecular complexity index is 398. The van der Waals surface area contributed by atoms with Crippen LogP contribution < -0.4 is 5.32 Å². The highest BCUT2D eigenvalue weighted by atomic mass is 16.2. The molecular formula is C13H17NO. The number of benzene rings is 1. The zero-order valence-electron chi connectivity index (χ0n) is 9.50. The van der Waals surface area contributed by atoms with Crippen molar-refractivity contribution in [3.8, 4) is 0 Å². The summed E-state index contributed by atoms with van der Waals surface area (Å²) in [6.45, 7) is 6.20. The average molecular weight is 203 g/mol. The lowest BCUT2D eigenvalue weighted by molar-refractivity contribution is -0.117. The topological polar surface area (TPSA) is 29.1 Å². The van der Waals surface area contributed by atoms with Gasteiger partial charge in [0.2, 0.25) is 5.91 Å². The number of carbonyl (C=O) groups excluding carboxylic acids is 1. The van der Waals surface area contributed by atoms with Gasteiger partial charge < -0.3 is 5.32 Å². The highest BCUT2D eigenvalue weighted by Crippen LogP contribution is 2.38. The van der Waals surface area contributed by atoms with Crippen LogP contribution in [0.25, 0.3) is 0 Å². The molecule has 2 nitrogen and oxygen atoms in total. The Hall–Kier alpha value is -1.31. The number of hydrogen-bond donors (Lipinski definition) is 1. The molecule has 1 saturated carbocycles. The minimum Gasteiger partial charge on any atom is -0.326 e. The summed E-state index contributed by atoms with van der Waals surface area (Å²) in [7, 11) is 0. The van der Waals surface area contributed by atoms with Crippen molar-refractivity contribution < 1.29 is 4.79 Å². The fraction of sp³-hybridized carbons (Fsp3) is 0.462. The van der Waals surface area contributed by atoms with Gasteiger partial charge in [0.25, 0.3) is 0 Å². The third-order valence-electron chi connectivity index (χ3n) is 3.09. The van der Waals surface area contributed by atoms with Crippen molar-refractivity contribution >= 4 is 11.6 Å². The smallest absolute Gasteiger partial charge is 0.227 e. The zero-order chi connectivity index (χ0) is 11.0. The molecule has 1 aromatic carbocycles. The van der Waals surface area contributed by atoms with Crippen LogP contribution in [0.15, 0.2) is 18.2 Å². The van der Waals surface area contributed by atoms with Crippen LogP contribution in [0, 0.1) is 25.7 Å². The Balaban J connectivity index is 2.07. The standard InChI is InChI=1S/C13H17NO/c1-8-4-5-12(10(3)6-8)14-13(15)11-7-9(11)2/h4-6,9,11H,7H2,1-3H3,(H,14,15)/t9-,11-/m0/s1. The number of hydrogen-bond acceptors (Lipinski definition) is 1. The normalized spacial score (nSPS) is 23.7. The lowest BCUT2D eigenvalue weighted by Gasteiger charge is -2.08. The van der Waals surface area contributed by atoms with E-state index in [-0.39, 0.29) is 11.8 Å². The van der Waals surface area contributed by atoms with Crippen LogP contribution in [0.1, 0.15) is 24.5 Å². The minimum atomic E-state index is 0.175. The largest absolute Gasteiger partial charge is 0.326 e. The van der Waals surface area contributed by atoms with Crippen LogP contribution in [-0.4, -0.2) is 5.91 Å². The number of rotatable bonds is 2. The number of amides is 1. The van der Waals surface area contributed by atoms with Crippen LogP contribution >= 0.6 is 0 Å². The van der Waals surface area contributed by atoms with E-state index in [4.69, 9.17) is 0 Å². The number of nitrogens with one attached hydrogen (secondary N) is 1. The van der Waals surface area contributed by atoms with Crippen molar-refractivity contribution in [2.75, 3.05) is 5.32 Å². The summed E-state index contributed by atoms with van der Waals surface area (Å²) < 4.78 is 0. The molecule has 0 saturated heterocycles. The molecule has 0 radical (unpaired) electrons. The van der Waals surface area contributed by atoms with E-state index in [1.54, 1.807) is 0 Å². The van der Waals surface area contributed by atoms with E-state index >= 15 is 0 Å². The van der Waals surface area contributed by atoms with Gasteiger partial charge in [-0.05, 0) is 37.8 Å². The van der Waals surface area contributed by atoms with Gasteiger partial charge in [-0.3, -0.25) is 4.79 Å². The van der Waals surface area contributed by atoms with Crippen molar-refractivity contribution in [3.05, 3.63) is 29.3 Å². The molecule has 0 unspecified atom stereocenters. The summed E-state index contributed by atoms with van der Waals surface area (Å²) in [4.78, 5) is 11.7. The number of aryl methyl sites for hydroxylation is 2. The van der Waals surface area contributed by atoms with E-state index in [0.29, 0.717) is 5.92 Å². The molecule has 1 aliphatic carbocycles. The summed E-state index contributed by atoms with van der Waals surface area (Å²) in [5.74, 6) is 0.982. The molecule has 1 aliphatic rings. The molecule has 2 rings (SSSR count). The van der Waals surface area contributed by atoms with E-state index in [0.717, 1.165) is 17.7 Å². The Morgan fingerprint density at radius 3 is 2.60 bits per heavy atom. The van der Waals surface area contributed by atoms with Gasteiger partial charge in [-0.2, -0.15) is 0 Å². The molecule has 0 spiro atoms. The van der Waals surface area contributed by atoms with Gasteiger partial charge in [-0.25, -0.2) is 0 Å². The number of anilines is 1. The van der Waals surface area contributed by atoms with Gasteiger partial charge in [0.15, 0.2) is 0 Å². The second-order valence-electron chi connectivity index (χ2n) is 4.63. The first-order chi connectivity index (χ1) is 7.08. The third-order valence-corrected chi connectivity index (χ3v) is 3.09. The second kappa shape index (κ2) is 3.69. The first-order valence-electron chi connectivity index (χ1n) is 5.46. The SMILES string of the molecule is Cc1ccc(NC(=O)[C@H]2C[C@@H]2C)c(C)c1. The summed E-state index contributed by atoms with van der Waals surface area (Å²) in [5.41, 5.74) is 3.31. The first-order valence-corrected chi connectivity index (χ1v) is 5.46. The van der Waals surface area contributed by atoms with Crippen molar-refractivity contribution in [3.63, 3.8) is 0 Å². The Morgan fingerprint density at radius 2 is 2.07 bits per heavy atom. The molecular weight excluding hydrogens is 186 g/mol. The molecule has 0 bridgehead atoms. The molecule has 1 N–H and O–H groups in total. The first kappa shape index (κ1) is 10.2. The van der Waals surface area contributed by atoms with Crippen LogP contribution in [0.2, 0.25) is 0 Å². The van der Waals surface area contributed by atoms with Crippen molar-refractivity contribution in [1.29, 1.82) is 0 Å². The Morgan fingerprint density at radius 1 is 1.40 bits per heavy atom. The van der Waals surface area contributed by atoms with Crippen molar-refractivity contribution in [2.24, 2.45) is 11.8 Å². The van der Waals surface area contributed by atoms with Gasteiger partial charge in [0.05, 0.1) is 0 Å². The lowest BCUT2D eigenvalue weighted by atomic mass is 10.1. The predicted octanol–water partition coefficient (Wildman–Crippen LogP) is 2.90. The molecule has 15 heavy (non-hydrogen) atoms. The van der Waals surface area contributed by atoms with E-state index in [2.05, 4.69) is 25.2 Å². The summed E-state index contributed by atoms with van der Waals surface area (Å²) in [6.07, 6.45) is 1.04.